The maximum atomic E-state index is 11.7. The first kappa shape index (κ1) is 16.1. The van der Waals surface area contributed by atoms with Crippen LogP contribution in [0.15, 0.2) is 0 Å². The molecule has 110 valence electrons. The standard InChI is InChI=1S/C14H25NO4/c1-4-5-6-7-14(15(18)19)9-8-13(3,17)12(10-14)11(2)16/h12,17H,4-10H2,1-3H3/t12-,13-,14-/m1/s1. The molecule has 3 atom stereocenters. The topological polar surface area (TPSA) is 80.4 Å². The lowest BCUT2D eigenvalue weighted by Crippen LogP contribution is -2.53. The number of nitrogens with zero attached hydrogens (tertiary/aromatic N) is 1. The first-order valence-corrected chi connectivity index (χ1v) is 7.12. The lowest BCUT2D eigenvalue weighted by molar-refractivity contribution is -0.579. The Hall–Kier alpha value is -0.970. The van der Waals surface area contributed by atoms with Crippen LogP contribution in [0.25, 0.3) is 0 Å². The zero-order valence-corrected chi connectivity index (χ0v) is 12.1. The Morgan fingerprint density at radius 1 is 1.42 bits per heavy atom. The highest BCUT2D eigenvalue weighted by Gasteiger charge is 2.54. The summed E-state index contributed by atoms with van der Waals surface area (Å²) in [6, 6.07) is 0. The highest BCUT2D eigenvalue weighted by Crippen LogP contribution is 2.43. The average Bonchev–Trinajstić information content (AvgIpc) is 2.30. The van der Waals surface area contributed by atoms with Gasteiger partial charge in [-0.25, -0.2) is 0 Å². The van der Waals surface area contributed by atoms with E-state index in [0.717, 1.165) is 19.3 Å². The van der Waals surface area contributed by atoms with Crippen LogP contribution >= 0.6 is 0 Å². The molecule has 1 fully saturated rings. The highest BCUT2D eigenvalue weighted by atomic mass is 16.6. The lowest BCUT2D eigenvalue weighted by Gasteiger charge is -2.42. The number of hydrogen-bond donors (Lipinski definition) is 1. The predicted molar refractivity (Wildman–Crippen MR) is 72.5 cm³/mol. The van der Waals surface area contributed by atoms with Crippen molar-refractivity contribution in [2.45, 2.75) is 76.9 Å². The third-order valence-corrected chi connectivity index (χ3v) is 4.55. The summed E-state index contributed by atoms with van der Waals surface area (Å²) in [7, 11) is 0. The van der Waals surface area contributed by atoms with E-state index >= 15 is 0 Å². The second kappa shape index (κ2) is 5.99. The molecule has 0 unspecified atom stereocenters. The van der Waals surface area contributed by atoms with E-state index < -0.39 is 17.1 Å². The van der Waals surface area contributed by atoms with Gasteiger partial charge in [0.2, 0.25) is 5.54 Å². The summed E-state index contributed by atoms with van der Waals surface area (Å²) >= 11 is 0. The summed E-state index contributed by atoms with van der Waals surface area (Å²) in [5, 5.41) is 21.7. The summed E-state index contributed by atoms with van der Waals surface area (Å²) < 4.78 is 0. The molecule has 19 heavy (non-hydrogen) atoms. The summed E-state index contributed by atoms with van der Waals surface area (Å²) in [5.74, 6) is -0.764. The highest BCUT2D eigenvalue weighted by molar-refractivity contribution is 5.79. The van der Waals surface area contributed by atoms with Gasteiger partial charge in [-0.05, 0) is 26.7 Å². The maximum absolute atomic E-state index is 11.7. The van der Waals surface area contributed by atoms with Crippen molar-refractivity contribution in [1.29, 1.82) is 0 Å². The van der Waals surface area contributed by atoms with E-state index in [0.29, 0.717) is 19.3 Å². The van der Waals surface area contributed by atoms with Crippen LogP contribution in [0.2, 0.25) is 0 Å². The first-order chi connectivity index (χ1) is 8.75. The van der Waals surface area contributed by atoms with Crippen LogP contribution in [-0.4, -0.2) is 27.0 Å². The molecular weight excluding hydrogens is 246 g/mol. The molecule has 0 spiro atoms. The summed E-state index contributed by atoms with van der Waals surface area (Å²) in [4.78, 5) is 22.9. The quantitative estimate of drug-likeness (QED) is 0.457. The van der Waals surface area contributed by atoms with Gasteiger partial charge in [-0.15, -0.1) is 0 Å². The molecule has 0 amide bonds. The SMILES string of the molecule is CCCCC[C@@]1([N+](=O)[O-])CC[C@@](C)(O)[C@@H](C(C)=O)C1. The molecule has 1 aliphatic rings. The van der Waals surface area contributed by atoms with Crippen molar-refractivity contribution in [3.63, 3.8) is 0 Å². The number of ketones is 1. The number of unbranched alkanes of at least 4 members (excludes halogenated alkanes) is 2. The van der Waals surface area contributed by atoms with Gasteiger partial charge in [0.05, 0.1) is 11.5 Å². The van der Waals surface area contributed by atoms with Gasteiger partial charge in [0, 0.05) is 24.2 Å². The minimum atomic E-state index is -1.10. The molecule has 0 saturated heterocycles. The van der Waals surface area contributed by atoms with Gasteiger partial charge in [-0.1, -0.05) is 19.8 Å². The van der Waals surface area contributed by atoms with Crippen molar-refractivity contribution in [2.75, 3.05) is 0 Å². The van der Waals surface area contributed by atoms with Gasteiger partial charge >= 0.3 is 0 Å². The fourth-order valence-corrected chi connectivity index (χ4v) is 3.13. The Bertz CT molecular complexity index is 353. The molecule has 0 aromatic rings. The van der Waals surface area contributed by atoms with Crippen LogP contribution < -0.4 is 0 Å². The monoisotopic (exact) mass is 271 g/mol. The van der Waals surface area contributed by atoms with Gasteiger partial charge in [-0.3, -0.25) is 14.9 Å². The van der Waals surface area contributed by atoms with E-state index in [1.165, 1.54) is 6.92 Å². The van der Waals surface area contributed by atoms with Crippen molar-refractivity contribution in [2.24, 2.45) is 5.92 Å². The molecule has 0 aromatic heterocycles. The fourth-order valence-electron chi connectivity index (χ4n) is 3.13. The van der Waals surface area contributed by atoms with Crippen LogP contribution in [-0.2, 0) is 4.79 Å². The van der Waals surface area contributed by atoms with Crippen LogP contribution in [0.4, 0.5) is 0 Å². The molecule has 0 aromatic carbocycles. The summed E-state index contributed by atoms with van der Waals surface area (Å²) in [6.45, 7) is 5.10. The number of carbonyl (C=O) groups excluding carboxylic acids is 1. The number of Topliss-reactive ketones (excluding diaryl/α,β-unsaturated/α-hetero) is 1. The molecule has 0 radical (unpaired) electrons. The van der Waals surface area contributed by atoms with Crippen LogP contribution in [0.3, 0.4) is 0 Å². The van der Waals surface area contributed by atoms with E-state index in [2.05, 4.69) is 6.92 Å². The van der Waals surface area contributed by atoms with Gasteiger partial charge in [0.15, 0.2) is 0 Å². The normalized spacial score (nSPS) is 35.1. The van der Waals surface area contributed by atoms with Crippen molar-refractivity contribution < 1.29 is 14.8 Å². The van der Waals surface area contributed by atoms with E-state index in [1.807, 2.05) is 0 Å². The molecule has 0 bridgehead atoms. The van der Waals surface area contributed by atoms with Crippen molar-refractivity contribution in [1.82, 2.24) is 0 Å². The summed E-state index contributed by atoms with van der Waals surface area (Å²) in [5.41, 5.74) is -2.12. The number of carbonyl (C=O) groups is 1. The Morgan fingerprint density at radius 2 is 2.05 bits per heavy atom. The Balaban J connectivity index is 2.89. The van der Waals surface area contributed by atoms with E-state index in [1.54, 1.807) is 6.92 Å². The first-order valence-electron chi connectivity index (χ1n) is 7.12. The number of aliphatic hydroxyl groups is 1. The smallest absolute Gasteiger partial charge is 0.223 e. The van der Waals surface area contributed by atoms with Crippen LogP contribution in [0, 0.1) is 16.0 Å². The fraction of sp³-hybridized carbons (Fsp3) is 0.929. The minimum Gasteiger partial charge on any atom is -0.389 e. The predicted octanol–water partition coefficient (Wildman–Crippen LogP) is 2.72. The largest absolute Gasteiger partial charge is 0.389 e. The molecule has 5 heteroatoms. The Labute approximate surface area is 114 Å². The molecule has 0 aliphatic heterocycles. The maximum Gasteiger partial charge on any atom is 0.223 e. The zero-order valence-electron chi connectivity index (χ0n) is 12.1. The third-order valence-electron chi connectivity index (χ3n) is 4.55. The Morgan fingerprint density at radius 3 is 2.53 bits per heavy atom. The van der Waals surface area contributed by atoms with Gasteiger partial charge < -0.3 is 5.11 Å². The molecule has 0 heterocycles. The van der Waals surface area contributed by atoms with E-state index in [9.17, 15) is 20.0 Å². The van der Waals surface area contributed by atoms with Crippen molar-refractivity contribution in [3.8, 4) is 0 Å². The molecule has 1 N–H and O–H groups in total. The van der Waals surface area contributed by atoms with E-state index in [4.69, 9.17) is 0 Å². The van der Waals surface area contributed by atoms with Crippen LogP contribution in [0.5, 0.6) is 0 Å². The Kier molecular flexibility index (Phi) is 5.07. The van der Waals surface area contributed by atoms with Gasteiger partial charge in [-0.2, -0.15) is 0 Å². The van der Waals surface area contributed by atoms with E-state index in [-0.39, 0.29) is 17.1 Å². The van der Waals surface area contributed by atoms with Crippen molar-refractivity contribution >= 4 is 5.78 Å². The van der Waals surface area contributed by atoms with Crippen molar-refractivity contribution in [3.05, 3.63) is 10.1 Å². The van der Waals surface area contributed by atoms with Gasteiger partial charge in [0.1, 0.15) is 5.78 Å². The number of nitro groups is 1. The molecule has 5 nitrogen and oxygen atoms in total. The molecular formula is C14H25NO4. The molecule has 1 aliphatic carbocycles. The molecule has 1 rings (SSSR count). The third kappa shape index (κ3) is 3.53. The number of rotatable bonds is 6. The minimum absolute atomic E-state index is 0.147. The zero-order chi connectivity index (χ0) is 14.7. The van der Waals surface area contributed by atoms with Crippen LogP contribution in [0.1, 0.15) is 65.7 Å². The second-order valence-corrected chi connectivity index (χ2v) is 6.16. The number of hydrogen-bond acceptors (Lipinski definition) is 4. The average molecular weight is 271 g/mol. The lowest BCUT2D eigenvalue weighted by atomic mass is 9.65. The van der Waals surface area contributed by atoms with Gasteiger partial charge in [0.25, 0.3) is 0 Å². The summed E-state index contributed by atoms with van der Waals surface area (Å²) in [6.07, 6.45) is 4.16. The second-order valence-electron chi connectivity index (χ2n) is 6.16. The molecule has 1 saturated carbocycles.